The van der Waals surface area contributed by atoms with Gasteiger partial charge in [0.05, 0.1) is 0 Å². The van der Waals surface area contributed by atoms with Crippen molar-refractivity contribution < 1.29 is 59.1 Å². The van der Waals surface area contributed by atoms with Crippen LogP contribution in [0.15, 0.2) is 0 Å². The van der Waals surface area contributed by atoms with E-state index in [9.17, 15) is 0 Å². The SMILES string of the molecule is O=S(=O)([O-])[O-].[Ag].[S]=[Ag]. The molecule has 0 fully saturated rings. The van der Waals surface area contributed by atoms with Gasteiger partial charge < -0.3 is 9.11 Å². The van der Waals surface area contributed by atoms with E-state index in [0.717, 1.165) is 0 Å². The van der Waals surface area contributed by atoms with E-state index in [-0.39, 0.29) is 22.4 Å². The molecule has 0 atom stereocenters. The summed E-state index contributed by atoms with van der Waals surface area (Å²) in [6.07, 6.45) is 0. The van der Waals surface area contributed by atoms with Gasteiger partial charge in [-0.1, -0.05) is 0 Å². The third kappa shape index (κ3) is 133. The van der Waals surface area contributed by atoms with Crippen molar-refractivity contribution in [1.82, 2.24) is 0 Å². The fourth-order valence-corrected chi connectivity index (χ4v) is 0. The Morgan fingerprint density at radius 2 is 1.25 bits per heavy atom. The van der Waals surface area contributed by atoms with Crippen LogP contribution in [0.4, 0.5) is 0 Å². The Morgan fingerprint density at radius 3 is 1.25 bits per heavy atom. The summed E-state index contributed by atoms with van der Waals surface area (Å²) in [5.41, 5.74) is 0. The Hall–Kier alpha value is 1.57. The van der Waals surface area contributed by atoms with Crippen molar-refractivity contribution in [2.75, 3.05) is 0 Å². The van der Waals surface area contributed by atoms with Gasteiger partial charge in [-0.2, -0.15) is 0 Å². The van der Waals surface area contributed by atoms with Gasteiger partial charge in [-0.15, -0.1) is 0 Å². The first-order valence-corrected chi connectivity index (χ1v) is 4.18. The Kier molecular flexibility index (Phi) is 17.4. The molecule has 0 heterocycles. The summed E-state index contributed by atoms with van der Waals surface area (Å²) in [7, 11) is -1.27. The minimum absolute atomic E-state index is 0. The third-order valence-corrected chi connectivity index (χ3v) is 0. The average Bonchev–Trinajstić information content (AvgIpc) is 1.36. The summed E-state index contributed by atoms with van der Waals surface area (Å²) < 4.78 is 34.1. The molecule has 0 aromatic heterocycles. The van der Waals surface area contributed by atoms with Crippen LogP contribution in [0, 0.1) is 0 Å². The molecule has 8 heavy (non-hydrogen) atoms. The van der Waals surface area contributed by atoms with Crippen LogP contribution in [0.5, 0.6) is 0 Å². The zero-order valence-corrected chi connectivity index (χ0v) is 7.65. The van der Waals surface area contributed by atoms with E-state index in [4.69, 9.17) is 17.5 Å². The molecule has 8 heteroatoms. The summed E-state index contributed by atoms with van der Waals surface area (Å²) in [4.78, 5) is 0. The van der Waals surface area contributed by atoms with Gasteiger partial charge in [0.15, 0.2) is 0 Å². The molecule has 0 unspecified atom stereocenters. The number of hydrogen-bond donors (Lipinski definition) is 0. The van der Waals surface area contributed by atoms with Gasteiger partial charge in [0.2, 0.25) is 0 Å². The monoisotopic (exact) mass is 342 g/mol. The Morgan fingerprint density at radius 1 is 1.25 bits per heavy atom. The molecule has 4 nitrogen and oxygen atoms in total. The predicted octanol–water partition coefficient (Wildman–Crippen LogP) is -0.695. The molecule has 0 saturated heterocycles. The second kappa shape index (κ2) is 8.57. The normalized spacial score (nSPS) is 8.00. The molecule has 0 amide bonds. The average molecular weight is 344 g/mol. The Balaban J connectivity index is -0.0000000750. The van der Waals surface area contributed by atoms with Crippen molar-refractivity contribution in [3.05, 3.63) is 0 Å². The summed E-state index contributed by atoms with van der Waals surface area (Å²) in [6, 6.07) is 0. The second-order valence-electron chi connectivity index (χ2n) is 0.408. The Bertz CT molecular complexity index is 106. The van der Waals surface area contributed by atoms with Crippen molar-refractivity contribution in [2.45, 2.75) is 0 Å². The summed E-state index contributed by atoms with van der Waals surface area (Å²) in [6.45, 7) is 0. The molecule has 0 saturated carbocycles. The molecular weight excluding hydrogens is 344 g/mol. The minimum atomic E-state index is -5.17. The van der Waals surface area contributed by atoms with E-state index < -0.39 is 10.4 Å². The quantitative estimate of drug-likeness (QED) is 0.330. The van der Waals surface area contributed by atoms with Crippen LogP contribution in [0.2, 0.25) is 0 Å². The van der Waals surface area contributed by atoms with Crippen LogP contribution in [0.1, 0.15) is 0 Å². The molecule has 1 radical (unpaired) electrons. The maximum atomic E-state index is 8.52. The molecule has 0 rings (SSSR count). The Labute approximate surface area is 78.4 Å². The molecule has 0 aromatic rings. The van der Waals surface area contributed by atoms with Gasteiger partial charge in [-0.05, 0) is 0 Å². The summed E-state index contributed by atoms with van der Waals surface area (Å²) >= 11 is 2.53. The zero-order valence-electron chi connectivity index (χ0n) is 3.05. The maximum absolute atomic E-state index is 8.52. The van der Waals surface area contributed by atoms with Crippen molar-refractivity contribution in [3.63, 3.8) is 0 Å². The number of rotatable bonds is 0. The number of hydrogen-bond acceptors (Lipinski definition) is 5. The van der Waals surface area contributed by atoms with E-state index >= 15 is 0 Å². The van der Waals surface area contributed by atoms with E-state index in [1.807, 2.05) is 0 Å². The van der Waals surface area contributed by atoms with Crippen LogP contribution < -0.4 is 0 Å². The van der Waals surface area contributed by atoms with E-state index in [1.54, 1.807) is 0 Å². The summed E-state index contributed by atoms with van der Waals surface area (Å²) in [5, 5.41) is 0. The standard InChI is InChI=1S/2Ag.H2O4S.S/c;;1-5(2,3)4;/h;;(H2,1,2,3,4);/p-2. The first-order chi connectivity index (χ1) is 3.00. The van der Waals surface area contributed by atoms with Crippen LogP contribution in [-0.4, -0.2) is 17.5 Å². The van der Waals surface area contributed by atoms with Gasteiger partial charge in [-0.3, -0.25) is 8.42 Å². The molecule has 0 aromatic carbocycles. The molecular formula is Ag2O4S2-2. The first kappa shape index (κ1) is 16.3. The van der Waals surface area contributed by atoms with Crippen LogP contribution in [-0.2, 0) is 52.0 Å². The van der Waals surface area contributed by atoms with Crippen molar-refractivity contribution >= 4 is 20.0 Å². The molecule has 0 aliphatic rings. The van der Waals surface area contributed by atoms with Gasteiger partial charge in [-0.25, -0.2) is 0 Å². The topological polar surface area (TPSA) is 80.3 Å². The van der Waals surface area contributed by atoms with Crippen LogP contribution in [0.3, 0.4) is 0 Å². The van der Waals surface area contributed by atoms with Crippen molar-refractivity contribution in [3.8, 4) is 0 Å². The van der Waals surface area contributed by atoms with Crippen LogP contribution >= 0.6 is 9.58 Å². The van der Waals surface area contributed by atoms with Gasteiger partial charge in [0, 0.05) is 32.8 Å². The van der Waals surface area contributed by atoms with Gasteiger partial charge >= 0.3 is 28.8 Å². The van der Waals surface area contributed by atoms with Gasteiger partial charge in [0.1, 0.15) is 0 Å². The van der Waals surface area contributed by atoms with Gasteiger partial charge in [0.25, 0.3) is 0 Å². The van der Waals surface area contributed by atoms with Crippen LogP contribution in [0.25, 0.3) is 0 Å². The molecule has 0 spiro atoms. The molecule has 0 aliphatic heterocycles. The first-order valence-electron chi connectivity index (χ1n) is 0.790. The predicted molar refractivity (Wildman–Crippen MR) is 18.1 cm³/mol. The fourth-order valence-electron chi connectivity index (χ4n) is 0. The third-order valence-electron chi connectivity index (χ3n) is 0. The fraction of sp³-hybridized carbons (Fsp3) is 0. The molecule has 60 valence electrons. The second-order valence-corrected chi connectivity index (χ2v) is 1.22. The summed E-state index contributed by atoms with van der Waals surface area (Å²) in [5.74, 6) is 0. The van der Waals surface area contributed by atoms with E-state index in [2.05, 4.69) is 28.8 Å². The van der Waals surface area contributed by atoms with Crippen molar-refractivity contribution in [1.29, 1.82) is 0 Å². The molecule has 0 bridgehead atoms. The van der Waals surface area contributed by atoms with E-state index in [1.165, 1.54) is 0 Å². The van der Waals surface area contributed by atoms with Crippen molar-refractivity contribution in [2.24, 2.45) is 0 Å². The van der Waals surface area contributed by atoms with E-state index in [0.29, 0.717) is 0 Å². The zero-order chi connectivity index (χ0) is 6.50. The molecule has 0 N–H and O–H groups in total. The molecule has 0 aliphatic carbocycles.